The number of anilines is 2. The van der Waals surface area contributed by atoms with Crippen molar-refractivity contribution in [2.45, 2.75) is 6.18 Å². The molecule has 2 aromatic rings. The van der Waals surface area contributed by atoms with Gasteiger partial charge in [-0.15, -0.1) is 11.3 Å². The highest BCUT2D eigenvalue weighted by Crippen LogP contribution is 2.40. The number of benzene rings is 1. The normalized spacial score (nSPS) is 11.9. The molecule has 0 spiro atoms. The van der Waals surface area contributed by atoms with Gasteiger partial charge in [-0.2, -0.15) is 18.3 Å². The molecule has 1 aromatic carbocycles. The molecule has 2 rings (SSSR count). The van der Waals surface area contributed by atoms with Crippen LogP contribution in [0.3, 0.4) is 0 Å². The number of hydrogen-bond acceptors (Lipinski definition) is 6. The Morgan fingerprint density at radius 1 is 1.45 bits per heavy atom. The molecule has 0 bridgehead atoms. The number of nitrogens with zero attached hydrogens (tertiary/aromatic N) is 2. The van der Waals surface area contributed by atoms with E-state index in [2.05, 4.69) is 31.4 Å². The molecule has 1 heterocycles. The number of methoxy groups -OCH3 is 1. The van der Waals surface area contributed by atoms with Crippen LogP contribution in [-0.2, 0) is 6.18 Å². The molecule has 5 nitrogen and oxygen atoms in total. The predicted octanol–water partition coefficient (Wildman–Crippen LogP) is 3.96. The maximum absolute atomic E-state index is 13.0. The number of aromatic nitrogens is 1. The lowest BCUT2D eigenvalue weighted by Crippen LogP contribution is -2.09. The summed E-state index contributed by atoms with van der Waals surface area (Å²) in [5, 5.41) is 5.89. The second-order valence-electron chi connectivity index (χ2n) is 4.03. The molecule has 0 radical (unpaired) electrons. The van der Waals surface area contributed by atoms with E-state index in [9.17, 15) is 13.2 Å². The Bertz CT molecular complexity index is 702. The summed E-state index contributed by atoms with van der Waals surface area (Å²) >= 11 is 4.29. The summed E-state index contributed by atoms with van der Waals surface area (Å²) in [6.07, 6.45) is -3.29. The standard InChI is InChI=1S/C12H10BrF3N4OS/c1-21-10-7(12(14,15)16)2-6(3-8(10)13)4-18-20-11-19-9(17)5-22-11/h2-5H,17H2,1H3,(H,19,20). The lowest BCUT2D eigenvalue weighted by atomic mass is 10.1. The third-order valence-corrected chi connectivity index (χ3v) is 3.83. The van der Waals surface area contributed by atoms with Gasteiger partial charge in [0.05, 0.1) is 23.4 Å². The molecule has 0 aliphatic heterocycles. The predicted molar refractivity (Wildman–Crippen MR) is 83.4 cm³/mol. The quantitative estimate of drug-likeness (QED) is 0.607. The number of alkyl halides is 3. The van der Waals surface area contributed by atoms with Crippen LogP contribution >= 0.6 is 27.3 Å². The van der Waals surface area contributed by atoms with E-state index in [1.54, 1.807) is 5.38 Å². The Balaban J connectivity index is 2.26. The fourth-order valence-electron chi connectivity index (χ4n) is 1.61. The van der Waals surface area contributed by atoms with Crippen LogP contribution in [0.15, 0.2) is 27.1 Å². The number of rotatable bonds is 4. The molecule has 0 aliphatic carbocycles. The lowest BCUT2D eigenvalue weighted by Gasteiger charge is -2.14. The van der Waals surface area contributed by atoms with Crippen molar-refractivity contribution in [3.05, 3.63) is 33.1 Å². The van der Waals surface area contributed by atoms with E-state index in [-0.39, 0.29) is 15.8 Å². The zero-order chi connectivity index (χ0) is 16.3. The van der Waals surface area contributed by atoms with Crippen LogP contribution in [0, 0.1) is 0 Å². The Morgan fingerprint density at radius 3 is 2.73 bits per heavy atom. The third-order valence-electron chi connectivity index (χ3n) is 2.47. The van der Waals surface area contributed by atoms with Crippen molar-refractivity contribution < 1.29 is 17.9 Å². The molecule has 0 amide bonds. The van der Waals surface area contributed by atoms with Crippen LogP contribution in [-0.4, -0.2) is 18.3 Å². The topological polar surface area (TPSA) is 72.5 Å². The van der Waals surface area contributed by atoms with Crippen LogP contribution < -0.4 is 15.9 Å². The highest BCUT2D eigenvalue weighted by molar-refractivity contribution is 9.10. The largest absolute Gasteiger partial charge is 0.495 e. The number of nitrogens with two attached hydrogens (primary N) is 1. The van der Waals surface area contributed by atoms with Crippen molar-refractivity contribution in [2.24, 2.45) is 5.10 Å². The lowest BCUT2D eigenvalue weighted by molar-refractivity contribution is -0.138. The van der Waals surface area contributed by atoms with E-state index >= 15 is 0 Å². The van der Waals surface area contributed by atoms with E-state index in [0.29, 0.717) is 10.9 Å². The Morgan fingerprint density at radius 2 is 2.18 bits per heavy atom. The molecule has 118 valence electrons. The molecule has 22 heavy (non-hydrogen) atoms. The number of hydrogen-bond donors (Lipinski definition) is 2. The smallest absolute Gasteiger partial charge is 0.420 e. The number of nitrogens with one attached hydrogen (secondary N) is 1. The van der Waals surface area contributed by atoms with Crippen LogP contribution in [0.1, 0.15) is 11.1 Å². The van der Waals surface area contributed by atoms with E-state index in [1.807, 2.05) is 0 Å². The first-order valence-corrected chi connectivity index (χ1v) is 7.43. The first kappa shape index (κ1) is 16.6. The van der Waals surface area contributed by atoms with E-state index in [0.717, 1.165) is 6.07 Å². The second kappa shape index (κ2) is 6.53. The maximum Gasteiger partial charge on any atom is 0.420 e. The van der Waals surface area contributed by atoms with Crippen molar-refractivity contribution >= 4 is 44.4 Å². The fourth-order valence-corrected chi connectivity index (χ4v) is 2.79. The van der Waals surface area contributed by atoms with Crippen LogP contribution in [0.25, 0.3) is 0 Å². The first-order chi connectivity index (χ1) is 10.3. The van der Waals surface area contributed by atoms with Crippen LogP contribution in [0.5, 0.6) is 5.75 Å². The van der Waals surface area contributed by atoms with E-state index in [1.165, 1.54) is 30.7 Å². The van der Waals surface area contributed by atoms with Gasteiger partial charge in [0, 0.05) is 5.38 Å². The molecular formula is C12H10BrF3N4OS. The van der Waals surface area contributed by atoms with E-state index in [4.69, 9.17) is 10.5 Å². The number of hydrazone groups is 1. The van der Waals surface area contributed by atoms with Gasteiger partial charge in [0.2, 0.25) is 5.13 Å². The molecule has 10 heteroatoms. The molecular weight excluding hydrogens is 385 g/mol. The van der Waals surface area contributed by atoms with Gasteiger partial charge in [-0.05, 0) is 33.6 Å². The number of thiazole rings is 1. The highest BCUT2D eigenvalue weighted by Gasteiger charge is 2.35. The van der Waals surface area contributed by atoms with Gasteiger partial charge >= 0.3 is 6.18 Å². The summed E-state index contributed by atoms with van der Waals surface area (Å²) in [5.74, 6) is 0.0690. The molecule has 0 fully saturated rings. The van der Waals surface area contributed by atoms with Crippen molar-refractivity contribution in [3.8, 4) is 5.75 Å². The highest BCUT2D eigenvalue weighted by atomic mass is 79.9. The Hall–Kier alpha value is -1.81. The van der Waals surface area contributed by atoms with Gasteiger partial charge in [0.25, 0.3) is 0 Å². The van der Waals surface area contributed by atoms with Gasteiger partial charge in [-0.1, -0.05) is 0 Å². The molecule has 0 saturated heterocycles. The molecule has 3 N–H and O–H groups in total. The summed E-state index contributed by atoms with van der Waals surface area (Å²) in [6, 6.07) is 2.42. The molecule has 0 unspecified atom stereocenters. The second-order valence-corrected chi connectivity index (χ2v) is 5.74. The first-order valence-electron chi connectivity index (χ1n) is 5.76. The zero-order valence-corrected chi connectivity index (χ0v) is 13.5. The average molecular weight is 395 g/mol. The average Bonchev–Trinajstić information content (AvgIpc) is 2.83. The number of ether oxygens (including phenoxy) is 1. The van der Waals surface area contributed by atoms with Crippen molar-refractivity contribution in [1.82, 2.24) is 4.98 Å². The van der Waals surface area contributed by atoms with Gasteiger partial charge in [0.1, 0.15) is 11.6 Å². The molecule has 1 aromatic heterocycles. The van der Waals surface area contributed by atoms with Gasteiger partial charge in [0.15, 0.2) is 0 Å². The monoisotopic (exact) mass is 394 g/mol. The zero-order valence-electron chi connectivity index (χ0n) is 11.1. The summed E-state index contributed by atoms with van der Waals surface area (Å²) < 4.78 is 44.0. The Labute approximate surface area is 136 Å². The third kappa shape index (κ3) is 3.89. The van der Waals surface area contributed by atoms with Crippen LogP contribution in [0.4, 0.5) is 24.1 Å². The fraction of sp³-hybridized carbons (Fsp3) is 0.167. The van der Waals surface area contributed by atoms with Crippen molar-refractivity contribution in [3.63, 3.8) is 0 Å². The number of halogens is 4. The van der Waals surface area contributed by atoms with Gasteiger partial charge in [-0.25, -0.2) is 4.98 Å². The maximum atomic E-state index is 13.0. The minimum absolute atomic E-state index is 0.185. The summed E-state index contributed by atoms with van der Waals surface area (Å²) in [6.45, 7) is 0. The Kier molecular flexibility index (Phi) is 4.91. The molecule has 0 atom stereocenters. The number of nitrogen functional groups attached to an aromatic ring is 1. The minimum atomic E-state index is -4.53. The van der Waals surface area contributed by atoms with Gasteiger partial charge in [-0.3, -0.25) is 5.43 Å². The van der Waals surface area contributed by atoms with Crippen molar-refractivity contribution in [1.29, 1.82) is 0 Å². The summed E-state index contributed by atoms with van der Waals surface area (Å²) in [5.41, 5.74) is 7.39. The molecule has 0 aliphatic rings. The minimum Gasteiger partial charge on any atom is -0.495 e. The van der Waals surface area contributed by atoms with Gasteiger partial charge < -0.3 is 10.5 Å². The van der Waals surface area contributed by atoms with E-state index < -0.39 is 11.7 Å². The van der Waals surface area contributed by atoms with Crippen molar-refractivity contribution in [2.75, 3.05) is 18.3 Å². The SMILES string of the molecule is COc1c(Br)cc(C=NNc2nc(N)cs2)cc1C(F)(F)F. The summed E-state index contributed by atoms with van der Waals surface area (Å²) in [7, 11) is 1.18. The van der Waals surface area contributed by atoms with Crippen LogP contribution in [0.2, 0.25) is 0 Å². The molecule has 0 saturated carbocycles. The summed E-state index contributed by atoms with van der Waals surface area (Å²) in [4.78, 5) is 3.91.